The van der Waals surface area contributed by atoms with E-state index in [1.54, 1.807) is 36.5 Å². The lowest BCUT2D eigenvalue weighted by Crippen LogP contribution is -2.21. The van der Waals surface area contributed by atoms with E-state index in [9.17, 15) is 35.5 Å². The lowest BCUT2D eigenvalue weighted by molar-refractivity contribution is -0.143. The Morgan fingerprint density at radius 3 is 1.97 bits per heavy atom. The van der Waals surface area contributed by atoms with Crippen LogP contribution in [0.3, 0.4) is 0 Å². The van der Waals surface area contributed by atoms with Crippen molar-refractivity contribution in [3.8, 4) is 0 Å². The van der Waals surface area contributed by atoms with E-state index in [0.29, 0.717) is 22.6 Å². The maximum absolute atomic E-state index is 14.0. The Morgan fingerprint density at radius 2 is 1.42 bits per heavy atom. The molecule has 0 aromatic heterocycles. The Hall–Kier alpha value is -3.07. The lowest BCUT2D eigenvalue weighted by atomic mass is 9.98. The van der Waals surface area contributed by atoms with E-state index in [2.05, 4.69) is 0 Å². The van der Waals surface area contributed by atoms with Gasteiger partial charge in [-0.2, -0.15) is 13.2 Å². The van der Waals surface area contributed by atoms with Crippen LogP contribution in [0.4, 0.5) is 36.4 Å². The maximum atomic E-state index is 14.0. The average molecular weight is 490 g/mol. The van der Waals surface area contributed by atoms with Gasteiger partial charge < -0.3 is 5.32 Å². The van der Waals surface area contributed by atoms with E-state index in [1.165, 1.54) is 0 Å². The van der Waals surface area contributed by atoms with Crippen LogP contribution in [0.5, 0.6) is 0 Å². The molecule has 0 spiro atoms. The molecular formula is C23H15ClF7NO. The number of rotatable bonds is 5. The molecule has 3 rings (SSSR count). The van der Waals surface area contributed by atoms with E-state index in [-0.39, 0.29) is 0 Å². The largest absolute Gasteiger partial charge is 0.422 e. The second kappa shape index (κ2) is 9.43. The number of hydrogen-bond donors (Lipinski definition) is 1. The average Bonchev–Trinajstić information content (AvgIpc) is 2.73. The van der Waals surface area contributed by atoms with Crippen LogP contribution in [0.25, 0.3) is 0 Å². The number of hydrogen-bond acceptors (Lipinski definition) is 1. The summed E-state index contributed by atoms with van der Waals surface area (Å²) in [4.78, 5) is 12.3. The van der Waals surface area contributed by atoms with Crippen molar-refractivity contribution in [2.45, 2.75) is 25.9 Å². The Bertz CT molecular complexity index is 1180. The van der Waals surface area contributed by atoms with Crippen LogP contribution in [0.2, 0.25) is 5.02 Å². The molecule has 0 aliphatic rings. The van der Waals surface area contributed by atoms with Crippen molar-refractivity contribution < 1.29 is 35.5 Å². The molecule has 0 heterocycles. The van der Waals surface area contributed by atoms with Gasteiger partial charge in [0.2, 0.25) is 5.91 Å². The standard InChI is InChI=1S/C23H15ClF7NO/c1-11-2-3-13(8-12-4-6-15(24)7-5-12)9-14(11)10-16(33)32-22-20(27)18(25)17(23(29,30)31)19(26)21(22)28/h2-7,9H,8,10H2,1H3,(H,32,33). The molecular weight excluding hydrogens is 475 g/mol. The van der Waals surface area contributed by atoms with Gasteiger partial charge in [-0.3, -0.25) is 4.79 Å². The summed E-state index contributed by atoms with van der Waals surface area (Å²) in [6.07, 6.45) is -5.62. The lowest BCUT2D eigenvalue weighted by Gasteiger charge is -2.15. The second-order valence-corrected chi connectivity index (χ2v) is 7.73. The van der Waals surface area contributed by atoms with Crippen molar-refractivity contribution in [1.29, 1.82) is 0 Å². The zero-order chi connectivity index (χ0) is 24.5. The van der Waals surface area contributed by atoms with Crippen LogP contribution in [0.1, 0.15) is 27.8 Å². The normalized spacial score (nSPS) is 11.5. The Morgan fingerprint density at radius 1 is 0.879 bits per heavy atom. The summed E-state index contributed by atoms with van der Waals surface area (Å²) < 4.78 is 93.7. The Balaban J connectivity index is 1.83. The minimum atomic E-state index is -5.67. The number of benzene rings is 3. The molecule has 3 aromatic carbocycles. The third-order valence-corrected chi connectivity index (χ3v) is 5.15. The number of anilines is 1. The first kappa shape index (κ1) is 24.6. The molecule has 1 amide bonds. The molecule has 3 aromatic rings. The van der Waals surface area contributed by atoms with Gasteiger partial charge in [0.1, 0.15) is 11.3 Å². The van der Waals surface area contributed by atoms with Gasteiger partial charge in [-0.25, -0.2) is 17.6 Å². The van der Waals surface area contributed by atoms with Gasteiger partial charge in [0.25, 0.3) is 0 Å². The van der Waals surface area contributed by atoms with Crippen LogP contribution in [0.15, 0.2) is 42.5 Å². The third kappa shape index (κ3) is 5.47. The highest BCUT2D eigenvalue weighted by Gasteiger charge is 2.42. The molecule has 0 radical (unpaired) electrons. The fraction of sp³-hybridized carbons (Fsp3) is 0.174. The quantitative estimate of drug-likeness (QED) is 0.303. The molecule has 33 heavy (non-hydrogen) atoms. The third-order valence-electron chi connectivity index (χ3n) is 4.90. The number of aryl methyl sites for hydroxylation is 1. The van der Waals surface area contributed by atoms with Crippen LogP contribution in [-0.2, 0) is 23.8 Å². The van der Waals surface area contributed by atoms with Crippen LogP contribution in [-0.4, -0.2) is 5.91 Å². The van der Waals surface area contributed by atoms with Crippen molar-refractivity contribution >= 4 is 23.2 Å². The molecule has 10 heteroatoms. The number of carbonyl (C=O) groups excluding carboxylic acids is 1. The smallest absolute Gasteiger partial charge is 0.321 e. The number of nitrogens with one attached hydrogen (secondary N) is 1. The predicted octanol–water partition coefficient (Wildman–Crippen LogP) is 7.00. The van der Waals surface area contributed by atoms with Gasteiger partial charge in [-0.15, -0.1) is 0 Å². The van der Waals surface area contributed by atoms with Crippen molar-refractivity contribution in [3.63, 3.8) is 0 Å². The van der Waals surface area contributed by atoms with Crippen molar-refractivity contribution in [1.82, 2.24) is 0 Å². The highest BCUT2D eigenvalue weighted by atomic mass is 35.5. The van der Waals surface area contributed by atoms with Gasteiger partial charge in [-0.1, -0.05) is 41.9 Å². The minimum absolute atomic E-state index is 0.441. The van der Waals surface area contributed by atoms with Crippen LogP contribution < -0.4 is 5.32 Å². The number of alkyl halides is 3. The fourth-order valence-corrected chi connectivity index (χ4v) is 3.34. The summed E-state index contributed by atoms with van der Waals surface area (Å²) in [6.45, 7) is 1.67. The summed E-state index contributed by atoms with van der Waals surface area (Å²) >= 11 is 5.86. The SMILES string of the molecule is Cc1ccc(Cc2ccc(Cl)cc2)cc1CC(=O)Nc1c(F)c(F)c(C(F)(F)F)c(F)c1F. The molecule has 0 aliphatic carbocycles. The predicted molar refractivity (Wildman–Crippen MR) is 109 cm³/mol. The first-order chi connectivity index (χ1) is 15.4. The monoisotopic (exact) mass is 489 g/mol. The molecule has 0 aliphatic heterocycles. The topological polar surface area (TPSA) is 29.1 Å². The van der Waals surface area contributed by atoms with Crippen molar-refractivity contribution in [3.05, 3.63) is 98.6 Å². The zero-order valence-corrected chi connectivity index (χ0v) is 17.6. The van der Waals surface area contributed by atoms with Crippen molar-refractivity contribution in [2.24, 2.45) is 0 Å². The van der Waals surface area contributed by atoms with E-state index >= 15 is 0 Å². The number of amides is 1. The fourth-order valence-electron chi connectivity index (χ4n) is 3.21. The van der Waals surface area contributed by atoms with E-state index in [4.69, 9.17) is 11.6 Å². The second-order valence-electron chi connectivity index (χ2n) is 7.29. The Kier molecular flexibility index (Phi) is 7.02. The molecule has 2 nitrogen and oxygen atoms in total. The van der Waals surface area contributed by atoms with E-state index < -0.39 is 53.0 Å². The first-order valence-corrected chi connectivity index (χ1v) is 9.82. The minimum Gasteiger partial charge on any atom is -0.321 e. The molecule has 0 unspecified atom stereocenters. The van der Waals surface area contributed by atoms with Gasteiger partial charge in [0, 0.05) is 5.02 Å². The van der Waals surface area contributed by atoms with Gasteiger partial charge in [0.15, 0.2) is 23.3 Å². The van der Waals surface area contributed by atoms with Gasteiger partial charge in [-0.05, 0) is 47.7 Å². The highest BCUT2D eigenvalue weighted by Crippen LogP contribution is 2.38. The molecule has 0 saturated heterocycles. The molecule has 0 atom stereocenters. The summed E-state index contributed by atoms with van der Waals surface area (Å²) in [5.74, 6) is -11.0. The van der Waals surface area contributed by atoms with Crippen LogP contribution >= 0.6 is 11.6 Å². The number of carbonyl (C=O) groups is 1. The number of halogens is 8. The van der Waals surface area contributed by atoms with E-state index in [1.807, 2.05) is 18.2 Å². The van der Waals surface area contributed by atoms with Crippen LogP contribution in [0, 0.1) is 30.2 Å². The van der Waals surface area contributed by atoms with Gasteiger partial charge >= 0.3 is 6.18 Å². The first-order valence-electron chi connectivity index (χ1n) is 9.44. The summed E-state index contributed by atoms with van der Waals surface area (Å²) in [6, 6.07) is 12.2. The molecule has 1 N–H and O–H groups in total. The van der Waals surface area contributed by atoms with Crippen molar-refractivity contribution in [2.75, 3.05) is 5.32 Å². The van der Waals surface area contributed by atoms with E-state index in [0.717, 1.165) is 11.1 Å². The zero-order valence-electron chi connectivity index (χ0n) is 16.9. The maximum Gasteiger partial charge on any atom is 0.422 e. The molecule has 0 fully saturated rings. The molecule has 0 saturated carbocycles. The highest BCUT2D eigenvalue weighted by molar-refractivity contribution is 6.30. The molecule has 0 bridgehead atoms. The summed E-state index contributed by atoms with van der Waals surface area (Å²) in [5.41, 5.74) is -1.50. The summed E-state index contributed by atoms with van der Waals surface area (Å²) in [5, 5.41) is 2.20. The van der Waals surface area contributed by atoms with Gasteiger partial charge in [0.05, 0.1) is 6.42 Å². The summed E-state index contributed by atoms with van der Waals surface area (Å²) in [7, 11) is 0. The molecule has 174 valence electrons. The Labute approximate surface area is 189 Å².